The van der Waals surface area contributed by atoms with Crippen LogP contribution in [0.2, 0.25) is 0 Å². The second-order valence-electron chi connectivity index (χ2n) is 7.40. The predicted octanol–water partition coefficient (Wildman–Crippen LogP) is 3.40. The fraction of sp³-hybridized carbons (Fsp3) is 0.684. The molecule has 0 heterocycles. The maximum Gasteiger partial charge on any atom is 0.126 e. The van der Waals surface area contributed by atoms with E-state index in [0.29, 0.717) is 31.5 Å². The van der Waals surface area contributed by atoms with Crippen LogP contribution >= 0.6 is 0 Å². The first kappa shape index (κ1) is 19.0. The monoisotopic (exact) mass is 306 g/mol. The van der Waals surface area contributed by atoms with Crippen LogP contribution in [-0.2, 0) is 11.8 Å². The van der Waals surface area contributed by atoms with Crippen LogP contribution < -0.4 is 16.2 Å². The van der Waals surface area contributed by atoms with E-state index >= 15 is 0 Å². The van der Waals surface area contributed by atoms with E-state index < -0.39 is 0 Å². The van der Waals surface area contributed by atoms with E-state index in [2.05, 4.69) is 46.8 Å². The topological polar surface area (TPSA) is 61.3 Å². The van der Waals surface area contributed by atoms with E-state index in [1.54, 1.807) is 0 Å². The van der Waals surface area contributed by atoms with E-state index in [4.69, 9.17) is 16.2 Å². The van der Waals surface area contributed by atoms with Crippen molar-refractivity contribution in [2.75, 3.05) is 19.7 Å². The highest BCUT2D eigenvalue weighted by Gasteiger charge is 2.24. The van der Waals surface area contributed by atoms with Gasteiger partial charge in [-0.15, -0.1) is 0 Å². The standard InChI is InChI=1S/C19H34N2O/c1-7-22-18-15(10-14(3)16(11-20)12-21)8-13(2)9-17(18)19(4,5)6/h8-9,14,16H,7,10-12,20-21H2,1-6H3. The first-order valence-corrected chi connectivity index (χ1v) is 8.41. The Hall–Kier alpha value is -1.06. The van der Waals surface area contributed by atoms with Gasteiger partial charge in [-0.3, -0.25) is 0 Å². The first-order chi connectivity index (χ1) is 10.2. The minimum atomic E-state index is 0.0651. The van der Waals surface area contributed by atoms with Gasteiger partial charge in [0, 0.05) is 5.56 Å². The van der Waals surface area contributed by atoms with Crippen molar-refractivity contribution in [1.29, 1.82) is 0 Å². The van der Waals surface area contributed by atoms with E-state index in [1.165, 1.54) is 16.7 Å². The second kappa shape index (κ2) is 7.98. The lowest BCUT2D eigenvalue weighted by Crippen LogP contribution is -2.30. The first-order valence-electron chi connectivity index (χ1n) is 8.41. The van der Waals surface area contributed by atoms with Gasteiger partial charge in [-0.2, -0.15) is 0 Å². The van der Waals surface area contributed by atoms with Crippen LogP contribution in [0.3, 0.4) is 0 Å². The Balaban J connectivity index is 3.25. The van der Waals surface area contributed by atoms with Gasteiger partial charge in [0.15, 0.2) is 0 Å². The van der Waals surface area contributed by atoms with Crippen LogP contribution in [0.5, 0.6) is 5.75 Å². The molecule has 0 aliphatic heterocycles. The van der Waals surface area contributed by atoms with Gasteiger partial charge >= 0.3 is 0 Å². The fourth-order valence-electron chi connectivity index (χ4n) is 2.95. The van der Waals surface area contributed by atoms with Gasteiger partial charge in [-0.25, -0.2) is 0 Å². The molecule has 4 N–H and O–H groups in total. The Morgan fingerprint density at radius 1 is 1.14 bits per heavy atom. The number of rotatable bonds is 7. The van der Waals surface area contributed by atoms with Gasteiger partial charge in [0.25, 0.3) is 0 Å². The van der Waals surface area contributed by atoms with Crippen molar-refractivity contribution >= 4 is 0 Å². The van der Waals surface area contributed by atoms with E-state index in [1.807, 2.05) is 6.92 Å². The van der Waals surface area contributed by atoms with Crippen molar-refractivity contribution in [2.24, 2.45) is 23.3 Å². The summed E-state index contributed by atoms with van der Waals surface area (Å²) in [7, 11) is 0. The molecule has 3 nitrogen and oxygen atoms in total. The molecule has 1 aromatic carbocycles. The van der Waals surface area contributed by atoms with E-state index in [9.17, 15) is 0 Å². The third-order valence-electron chi connectivity index (χ3n) is 4.36. The lowest BCUT2D eigenvalue weighted by atomic mass is 9.81. The summed E-state index contributed by atoms with van der Waals surface area (Å²) in [6.45, 7) is 15.1. The molecule has 0 bridgehead atoms. The third-order valence-corrected chi connectivity index (χ3v) is 4.36. The highest BCUT2D eigenvalue weighted by atomic mass is 16.5. The van der Waals surface area contributed by atoms with Gasteiger partial charge in [0.05, 0.1) is 6.61 Å². The summed E-state index contributed by atoms with van der Waals surface area (Å²) in [5, 5.41) is 0. The summed E-state index contributed by atoms with van der Waals surface area (Å²) >= 11 is 0. The molecule has 1 aromatic rings. The molecule has 3 heteroatoms. The normalized spacial score (nSPS) is 13.5. The van der Waals surface area contributed by atoms with Gasteiger partial charge < -0.3 is 16.2 Å². The lowest BCUT2D eigenvalue weighted by Gasteiger charge is -2.28. The average molecular weight is 306 g/mol. The smallest absolute Gasteiger partial charge is 0.126 e. The Bertz CT molecular complexity index is 473. The summed E-state index contributed by atoms with van der Waals surface area (Å²) in [6, 6.07) is 4.50. The van der Waals surface area contributed by atoms with Crippen molar-refractivity contribution in [2.45, 2.75) is 53.4 Å². The molecule has 0 aliphatic rings. The maximum absolute atomic E-state index is 6.04. The minimum absolute atomic E-state index is 0.0651. The number of ether oxygens (including phenoxy) is 1. The number of nitrogens with two attached hydrogens (primary N) is 2. The maximum atomic E-state index is 6.04. The van der Waals surface area contributed by atoms with E-state index in [-0.39, 0.29) is 5.41 Å². The molecule has 0 saturated heterocycles. The van der Waals surface area contributed by atoms with Crippen molar-refractivity contribution in [3.8, 4) is 5.75 Å². The Morgan fingerprint density at radius 2 is 1.73 bits per heavy atom. The summed E-state index contributed by atoms with van der Waals surface area (Å²) in [5.41, 5.74) is 15.6. The van der Waals surface area contributed by atoms with Gasteiger partial charge in [0.1, 0.15) is 5.75 Å². The summed E-state index contributed by atoms with van der Waals surface area (Å²) < 4.78 is 6.04. The van der Waals surface area contributed by atoms with Crippen LogP contribution in [-0.4, -0.2) is 19.7 Å². The molecule has 0 amide bonds. The number of hydrogen-bond donors (Lipinski definition) is 2. The molecule has 0 saturated carbocycles. The predicted molar refractivity (Wildman–Crippen MR) is 95.5 cm³/mol. The molecule has 22 heavy (non-hydrogen) atoms. The molecule has 1 unspecified atom stereocenters. The summed E-state index contributed by atoms with van der Waals surface area (Å²) in [5.74, 6) is 1.86. The molecule has 126 valence electrons. The molecular weight excluding hydrogens is 272 g/mol. The highest BCUT2D eigenvalue weighted by molar-refractivity contribution is 5.48. The Morgan fingerprint density at radius 3 is 2.18 bits per heavy atom. The fourth-order valence-corrected chi connectivity index (χ4v) is 2.95. The molecular formula is C19H34N2O. The molecule has 0 aliphatic carbocycles. The van der Waals surface area contributed by atoms with Crippen molar-refractivity contribution in [1.82, 2.24) is 0 Å². The van der Waals surface area contributed by atoms with Gasteiger partial charge in [-0.05, 0) is 56.2 Å². The van der Waals surface area contributed by atoms with Crippen LogP contribution in [0.4, 0.5) is 0 Å². The summed E-state index contributed by atoms with van der Waals surface area (Å²) in [4.78, 5) is 0. The molecule has 0 aromatic heterocycles. The van der Waals surface area contributed by atoms with E-state index in [0.717, 1.165) is 12.2 Å². The SMILES string of the molecule is CCOc1c(CC(C)C(CN)CN)cc(C)cc1C(C)(C)C. The van der Waals surface area contributed by atoms with Crippen LogP contribution in [0.1, 0.15) is 51.3 Å². The van der Waals surface area contributed by atoms with Crippen molar-refractivity contribution < 1.29 is 4.74 Å². The number of hydrogen-bond acceptors (Lipinski definition) is 3. The van der Waals surface area contributed by atoms with Crippen molar-refractivity contribution in [3.05, 3.63) is 28.8 Å². The Labute approximate surface area is 136 Å². The molecule has 0 spiro atoms. The lowest BCUT2D eigenvalue weighted by molar-refractivity contribution is 0.317. The third kappa shape index (κ3) is 4.72. The van der Waals surface area contributed by atoms with Crippen molar-refractivity contribution in [3.63, 3.8) is 0 Å². The molecule has 1 atom stereocenters. The molecule has 0 fully saturated rings. The van der Waals surface area contributed by atoms with Crippen LogP contribution in [0.15, 0.2) is 12.1 Å². The second-order valence-corrected chi connectivity index (χ2v) is 7.40. The zero-order valence-electron chi connectivity index (χ0n) is 15.2. The number of benzene rings is 1. The Kier molecular flexibility index (Phi) is 6.89. The zero-order chi connectivity index (χ0) is 16.9. The largest absolute Gasteiger partial charge is 0.493 e. The summed E-state index contributed by atoms with van der Waals surface area (Å²) in [6.07, 6.45) is 0.958. The average Bonchev–Trinajstić information content (AvgIpc) is 2.41. The molecule has 0 radical (unpaired) electrons. The zero-order valence-corrected chi connectivity index (χ0v) is 15.2. The van der Waals surface area contributed by atoms with Crippen LogP contribution in [0, 0.1) is 18.8 Å². The minimum Gasteiger partial charge on any atom is -0.493 e. The highest BCUT2D eigenvalue weighted by Crippen LogP contribution is 2.37. The number of aryl methyl sites for hydroxylation is 1. The quantitative estimate of drug-likeness (QED) is 0.811. The van der Waals surface area contributed by atoms with Gasteiger partial charge in [0.2, 0.25) is 0 Å². The van der Waals surface area contributed by atoms with Crippen LogP contribution in [0.25, 0.3) is 0 Å². The van der Waals surface area contributed by atoms with Gasteiger partial charge in [-0.1, -0.05) is 45.4 Å². The molecule has 1 rings (SSSR count).